The smallest absolute Gasteiger partial charge is 0.205 e. The highest BCUT2D eigenvalue weighted by Crippen LogP contribution is 2.27. The monoisotopic (exact) mass is 325 g/mol. The van der Waals surface area contributed by atoms with Gasteiger partial charge in [0.2, 0.25) is 5.13 Å². The molecule has 4 nitrogen and oxygen atoms in total. The lowest BCUT2D eigenvalue weighted by molar-refractivity contribution is 0.0526. The normalized spacial score (nSPS) is 18.7. The summed E-state index contributed by atoms with van der Waals surface area (Å²) in [6.45, 7) is 4.36. The quantitative estimate of drug-likeness (QED) is 0.862. The van der Waals surface area contributed by atoms with E-state index in [9.17, 15) is 8.78 Å². The standard InChI is InChI=1S/C15H17F2N3OS/c1-2-21-13-4-3-5-20(9-13)15-18-14(19-22-15)10-6-11(16)8-12(17)7-10/h6-8,13H,2-5,9H2,1H3/t13-/m0/s1. The molecule has 1 aromatic heterocycles. The number of benzene rings is 1. The van der Waals surface area contributed by atoms with E-state index in [0.717, 1.165) is 37.1 Å². The van der Waals surface area contributed by atoms with Crippen molar-refractivity contribution in [3.05, 3.63) is 29.8 Å². The molecular weight excluding hydrogens is 308 g/mol. The number of aromatic nitrogens is 2. The predicted molar refractivity (Wildman–Crippen MR) is 82.1 cm³/mol. The highest BCUT2D eigenvalue weighted by molar-refractivity contribution is 7.09. The summed E-state index contributed by atoms with van der Waals surface area (Å²) in [6, 6.07) is 3.33. The first-order chi connectivity index (χ1) is 10.7. The molecule has 7 heteroatoms. The van der Waals surface area contributed by atoms with Crippen LogP contribution in [0, 0.1) is 11.6 Å². The fourth-order valence-corrected chi connectivity index (χ4v) is 3.35. The largest absolute Gasteiger partial charge is 0.377 e. The van der Waals surface area contributed by atoms with Crippen molar-refractivity contribution in [3.8, 4) is 11.4 Å². The molecule has 0 radical (unpaired) electrons. The first-order valence-electron chi connectivity index (χ1n) is 7.32. The Labute approximate surface area is 131 Å². The maximum atomic E-state index is 13.3. The van der Waals surface area contributed by atoms with E-state index in [2.05, 4.69) is 14.3 Å². The van der Waals surface area contributed by atoms with Gasteiger partial charge in [-0.15, -0.1) is 0 Å². The Bertz CT molecular complexity index is 627. The molecule has 1 saturated heterocycles. The Hall–Kier alpha value is -1.60. The lowest BCUT2D eigenvalue weighted by atomic mass is 10.1. The molecule has 1 fully saturated rings. The SMILES string of the molecule is CCO[C@H]1CCCN(c2nc(-c3cc(F)cc(F)c3)ns2)C1. The zero-order valence-corrected chi connectivity index (χ0v) is 13.1. The van der Waals surface area contributed by atoms with E-state index in [-0.39, 0.29) is 6.10 Å². The number of hydrogen-bond acceptors (Lipinski definition) is 5. The zero-order valence-electron chi connectivity index (χ0n) is 12.3. The fourth-order valence-electron chi connectivity index (χ4n) is 2.63. The van der Waals surface area contributed by atoms with E-state index in [0.29, 0.717) is 18.0 Å². The van der Waals surface area contributed by atoms with Crippen molar-refractivity contribution < 1.29 is 13.5 Å². The number of hydrogen-bond donors (Lipinski definition) is 0. The summed E-state index contributed by atoms with van der Waals surface area (Å²) in [5.74, 6) is -0.890. The van der Waals surface area contributed by atoms with E-state index < -0.39 is 11.6 Å². The van der Waals surface area contributed by atoms with Crippen molar-refractivity contribution in [2.24, 2.45) is 0 Å². The molecule has 0 bridgehead atoms. The maximum Gasteiger partial charge on any atom is 0.205 e. The average Bonchev–Trinajstić information content (AvgIpc) is 2.97. The Morgan fingerprint density at radius 1 is 1.32 bits per heavy atom. The third-order valence-electron chi connectivity index (χ3n) is 3.59. The van der Waals surface area contributed by atoms with Crippen LogP contribution in [-0.4, -0.2) is 35.2 Å². The molecule has 2 heterocycles. The molecular formula is C15H17F2N3OS. The second-order valence-electron chi connectivity index (χ2n) is 5.22. The van der Waals surface area contributed by atoms with Crippen LogP contribution in [0.15, 0.2) is 18.2 Å². The van der Waals surface area contributed by atoms with Gasteiger partial charge in [0.25, 0.3) is 0 Å². The van der Waals surface area contributed by atoms with E-state index in [1.165, 1.54) is 23.7 Å². The molecule has 2 aromatic rings. The van der Waals surface area contributed by atoms with Crippen LogP contribution < -0.4 is 4.90 Å². The minimum absolute atomic E-state index is 0.206. The van der Waals surface area contributed by atoms with Crippen LogP contribution in [0.1, 0.15) is 19.8 Å². The van der Waals surface area contributed by atoms with Gasteiger partial charge < -0.3 is 9.64 Å². The molecule has 0 aliphatic carbocycles. The molecule has 0 unspecified atom stereocenters. The number of halogens is 2. The predicted octanol–water partition coefficient (Wildman–Crippen LogP) is 3.49. The lowest BCUT2D eigenvalue weighted by Crippen LogP contribution is -2.39. The average molecular weight is 325 g/mol. The van der Waals surface area contributed by atoms with Gasteiger partial charge in [0.05, 0.1) is 6.10 Å². The summed E-state index contributed by atoms with van der Waals surface area (Å²) < 4.78 is 36.5. The molecule has 1 aliphatic heterocycles. The van der Waals surface area contributed by atoms with Gasteiger partial charge in [-0.05, 0) is 31.9 Å². The van der Waals surface area contributed by atoms with Crippen molar-refractivity contribution >= 4 is 16.7 Å². The fraction of sp³-hybridized carbons (Fsp3) is 0.467. The van der Waals surface area contributed by atoms with Gasteiger partial charge in [0.1, 0.15) is 11.6 Å². The summed E-state index contributed by atoms with van der Waals surface area (Å²) in [5.41, 5.74) is 0.360. The van der Waals surface area contributed by atoms with E-state index in [1.807, 2.05) is 6.92 Å². The third-order valence-corrected chi connectivity index (χ3v) is 4.36. The van der Waals surface area contributed by atoms with Gasteiger partial charge in [-0.3, -0.25) is 0 Å². The first kappa shape index (κ1) is 15.3. The van der Waals surface area contributed by atoms with Gasteiger partial charge >= 0.3 is 0 Å². The van der Waals surface area contributed by atoms with Gasteiger partial charge in [0.15, 0.2) is 5.82 Å². The van der Waals surface area contributed by atoms with Crippen molar-refractivity contribution in [1.29, 1.82) is 0 Å². The van der Waals surface area contributed by atoms with Crippen molar-refractivity contribution in [3.63, 3.8) is 0 Å². The van der Waals surface area contributed by atoms with Crippen molar-refractivity contribution in [2.45, 2.75) is 25.9 Å². The molecule has 1 aromatic carbocycles. The number of ether oxygens (including phenoxy) is 1. The summed E-state index contributed by atoms with van der Waals surface area (Å²) in [5, 5.41) is 0.768. The molecule has 22 heavy (non-hydrogen) atoms. The summed E-state index contributed by atoms with van der Waals surface area (Å²) >= 11 is 1.25. The minimum atomic E-state index is -0.624. The molecule has 0 N–H and O–H groups in total. The van der Waals surface area contributed by atoms with Crippen LogP contribution in [0.3, 0.4) is 0 Å². The molecule has 1 atom stereocenters. The molecule has 0 amide bonds. The molecule has 118 valence electrons. The summed E-state index contributed by atoms with van der Waals surface area (Å²) in [7, 11) is 0. The summed E-state index contributed by atoms with van der Waals surface area (Å²) in [6.07, 6.45) is 2.29. The molecule has 1 aliphatic rings. The maximum absolute atomic E-state index is 13.3. The minimum Gasteiger partial charge on any atom is -0.377 e. The lowest BCUT2D eigenvalue weighted by Gasteiger charge is -2.31. The van der Waals surface area contributed by atoms with E-state index in [4.69, 9.17) is 4.74 Å². The van der Waals surface area contributed by atoms with Crippen molar-refractivity contribution in [1.82, 2.24) is 9.36 Å². The Morgan fingerprint density at radius 2 is 2.09 bits per heavy atom. The number of anilines is 1. The van der Waals surface area contributed by atoms with Crippen LogP contribution in [-0.2, 0) is 4.74 Å². The van der Waals surface area contributed by atoms with Crippen LogP contribution in [0.5, 0.6) is 0 Å². The Kier molecular flexibility index (Phi) is 4.63. The number of nitrogens with zero attached hydrogens (tertiary/aromatic N) is 3. The van der Waals surface area contributed by atoms with Gasteiger partial charge in [0, 0.05) is 42.9 Å². The third kappa shape index (κ3) is 3.41. The number of piperidine rings is 1. The van der Waals surface area contributed by atoms with Gasteiger partial charge in [-0.2, -0.15) is 9.36 Å². The van der Waals surface area contributed by atoms with Crippen LogP contribution in [0.4, 0.5) is 13.9 Å². The highest BCUT2D eigenvalue weighted by Gasteiger charge is 2.23. The first-order valence-corrected chi connectivity index (χ1v) is 8.09. The summed E-state index contributed by atoms with van der Waals surface area (Å²) in [4.78, 5) is 6.55. The van der Waals surface area contributed by atoms with E-state index >= 15 is 0 Å². The molecule has 0 saturated carbocycles. The molecule has 0 spiro atoms. The Balaban J connectivity index is 1.78. The topological polar surface area (TPSA) is 38.2 Å². The van der Waals surface area contributed by atoms with Crippen LogP contribution in [0.25, 0.3) is 11.4 Å². The second-order valence-corrected chi connectivity index (χ2v) is 5.95. The number of rotatable bonds is 4. The van der Waals surface area contributed by atoms with E-state index in [1.54, 1.807) is 0 Å². The highest BCUT2D eigenvalue weighted by atomic mass is 32.1. The van der Waals surface area contributed by atoms with Crippen LogP contribution in [0.2, 0.25) is 0 Å². The van der Waals surface area contributed by atoms with Gasteiger partial charge in [-0.1, -0.05) is 0 Å². The van der Waals surface area contributed by atoms with Crippen LogP contribution >= 0.6 is 11.5 Å². The van der Waals surface area contributed by atoms with Gasteiger partial charge in [-0.25, -0.2) is 8.78 Å². The Morgan fingerprint density at radius 3 is 2.82 bits per heavy atom. The second kappa shape index (κ2) is 6.66. The molecule has 3 rings (SSSR count). The van der Waals surface area contributed by atoms with Crippen molar-refractivity contribution in [2.75, 3.05) is 24.6 Å². The zero-order chi connectivity index (χ0) is 15.5.